The van der Waals surface area contributed by atoms with Crippen LogP contribution in [0.3, 0.4) is 0 Å². The van der Waals surface area contributed by atoms with Gasteiger partial charge in [0.2, 0.25) is 5.91 Å². The molecule has 0 bridgehead atoms. The lowest BCUT2D eigenvalue weighted by atomic mass is 10.1. The van der Waals surface area contributed by atoms with Crippen molar-refractivity contribution in [3.05, 3.63) is 23.8 Å². The summed E-state index contributed by atoms with van der Waals surface area (Å²) in [6.07, 6.45) is -2.77. The second kappa shape index (κ2) is 7.51. The number of amides is 1. The fourth-order valence-electron chi connectivity index (χ4n) is 2.23. The van der Waals surface area contributed by atoms with Gasteiger partial charge in [0, 0.05) is 18.3 Å². The van der Waals surface area contributed by atoms with Crippen LogP contribution in [-0.2, 0) is 9.53 Å². The van der Waals surface area contributed by atoms with Gasteiger partial charge >= 0.3 is 0 Å². The zero-order valence-corrected chi connectivity index (χ0v) is 12.6. The summed E-state index contributed by atoms with van der Waals surface area (Å²) in [5.41, 5.74) is 1.23. The van der Waals surface area contributed by atoms with Crippen molar-refractivity contribution >= 4 is 11.6 Å². The number of benzene rings is 1. The van der Waals surface area contributed by atoms with Gasteiger partial charge in [-0.25, -0.2) is 8.78 Å². The first-order valence-electron chi connectivity index (χ1n) is 7.15. The predicted molar refractivity (Wildman–Crippen MR) is 78.5 cm³/mol. The van der Waals surface area contributed by atoms with E-state index in [4.69, 9.17) is 9.47 Å². The summed E-state index contributed by atoms with van der Waals surface area (Å²) in [6, 6.07) is 4.52. The number of nitrogens with one attached hydrogen (secondary N) is 2. The molecular formula is C15H20F2N2O3. The number of anilines is 1. The van der Waals surface area contributed by atoms with Crippen molar-refractivity contribution in [2.45, 2.75) is 32.4 Å². The van der Waals surface area contributed by atoms with Crippen LogP contribution in [0, 0.1) is 6.92 Å². The Morgan fingerprint density at radius 1 is 1.55 bits per heavy atom. The molecule has 1 aromatic rings. The smallest absolute Gasteiger partial charge is 0.272 e. The first-order chi connectivity index (χ1) is 10.5. The summed E-state index contributed by atoms with van der Waals surface area (Å²) in [5.74, 6) is 0.106. The van der Waals surface area contributed by atoms with Crippen molar-refractivity contribution in [3.8, 4) is 5.75 Å². The number of ether oxygens (including phenoxy) is 2. The van der Waals surface area contributed by atoms with Crippen LogP contribution >= 0.6 is 0 Å². The topological polar surface area (TPSA) is 59.6 Å². The van der Waals surface area contributed by atoms with E-state index in [-0.39, 0.29) is 12.0 Å². The highest BCUT2D eigenvalue weighted by atomic mass is 19.3. The molecule has 1 heterocycles. The lowest BCUT2D eigenvalue weighted by molar-refractivity contribution is -0.123. The first kappa shape index (κ1) is 16.6. The van der Waals surface area contributed by atoms with E-state index in [1.54, 1.807) is 25.1 Å². The molecule has 22 heavy (non-hydrogen) atoms. The standard InChI is InChI=1S/C15H20F2N2O3/c1-9-3-4-11(7-12(9)22-8-13(16)17)19-15(20)14-10(2)21-6-5-18-14/h3-4,7,10,13-14,18H,5-6,8H2,1-2H3,(H,19,20)/t10-,14+/m1/s1. The molecule has 7 heteroatoms. The van der Waals surface area contributed by atoms with Gasteiger partial charge in [0.05, 0.1) is 12.7 Å². The quantitative estimate of drug-likeness (QED) is 0.872. The lowest BCUT2D eigenvalue weighted by Crippen LogP contribution is -2.53. The van der Waals surface area contributed by atoms with Gasteiger partial charge in [-0.05, 0) is 25.5 Å². The maximum atomic E-state index is 12.2. The number of aryl methyl sites for hydroxylation is 1. The summed E-state index contributed by atoms with van der Waals surface area (Å²) >= 11 is 0. The second-order valence-electron chi connectivity index (χ2n) is 5.18. The van der Waals surface area contributed by atoms with Crippen molar-refractivity contribution in [2.75, 3.05) is 25.1 Å². The maximum Gasteiger partial charge on any atom is 0.272 e. The van der Waals surface area contributed by atoms with Gasteiger partial charge in [0.1, 0.15) is 18.4 Å². The van der Waals surface area contributed by atoms with E-state index in [1.165, 1.54) is 0 Å². The molecule has 0 aromatic heterocycles. The van der Waals surface area contributed by atoms with Crippen LogP contribution in [0.1, 0.15) is 12.5 Å². The van der Waals surface area contributed by atoms with E-state index >= 15 is 0 Å². The highest BCUT2D eigenvalue weighted by Crippen LogP contribution is 2.23. The SMILES string of the molecule is Cc1ccc(NC(=O)[C@H]2NCCO[C@@H]2C)cc1OCC(F)F. The van der Waals surface area contributed by atoms with Crippen molar-refractivity contribution in [1.82, 2.24) is 5.32 Å². The third-order valence-corrected chi connectivity index (χ3v) is 3.42. The number of alkyl halides is 2. The summed E-state index contributed by atoms with van der Waals surface area (Å²) in [4.78, 5) is 12.2. The molecule has 0 radical (unpaired) electrons. The number of halogens is 2. The van der Waals surface area contributed by atoms with Crippen molar-refractivity contribution in [2.24, 2.45) is 0 Å². The Morgan fingerprint density at radius 3 is 3.00 bits per heavy atom. The molecule has 0 unspecified atom stereocenters. The average Bonchev–Trinajstić information content (AvgIpc) is 2.48. The molecule has 5 nitrogen and oxygen atoms in total. The zero-order chi connectivity index (χ0) is 16.1. The largest absolute Gasteiger partial charge is 0.487 e. The van der Waals surface area contributed by atoms with Crippen LogP contribution in [0.4, 0.5) is 14.5 Å². The van der Waals surface area contributed by atoms with Crippen LogP contribution in [0.2, 0.25) is 0 Å². The van der Waals surface area contributed by atoms with E-state index in [0.717, 1.165) is 5.56 Å². The lowest BCUT2D eigenvalue weighted by Gasteiger charge is -2.29. The number of hydrogen-bond acceptors (Lipinski definition) is 4. The van der Waals surface area contributed by atoms with E-state index in [1.807, 2.05) is 6.92 Å². The molecule has 0 saturated carbocycles. The highest BCUT2D eigenvalue weighted by molar-refractivity contribution is 5.95. The monoisotopic (exact) mass is 314 g/mol. The van der Waals surface area contributed by atoms with Gasteiger partial charge < -0.3 is 20.1 Å². The molecule has 1 fully saturated rings. The van der Waals surface area contributed by atoms with E-state index in [9.17, 15) is 13.6 Å². The van der Waals surface area contributed by atoms with Crippen LogP contribution in [0.5, 0.6) is 5.75 Å². The third kappa shape index (κ3) is 4.38. The normalized spacial score (nSPS) is 21.7. The molecule has 0 aliphatic carbocycles. The van der Waals surface area contributed by atoms with Crippen molar-refractivity contribution < 1.29 is 23.0 Å². The number of hydrogen-bond donors (Lipinski definition) is 2. The number of rotatable bonds is 5. The Bertz CT molecular complexity index is 526. The van der Waals surface area contributed by atoms with E-state index in [0.29, 0.717) is 24.6 Å². The second-order valence-corrected chi connectivity index (χ2v) is 5.18. The fourth-order valence-corrected chi connectivity index (χ4v) is 2.23. The molecule has 0 spiro atoms. The van der Waals surface area contributed by atoms with Gasteiger partial charge in [0.15, 0.2) is 0 Å². The molecule has 2 N–H and O–H groups in total. The minimum atomic E-state index is -2.54. The van der Waals surface area contributed by atoms with Crippen molar-refractivity contribution in [3.63, 3.8) is 0 Å². The Kier molecular flexibility index (Phi) is 5.68. The van der Waals surface area contributed by atoms with Crippen molar-refractivity contribution in [1.29, 1.82) is 0 Å². The Balaban J connectivity index is 2.02. The number of carbonyl (C=O) groups is 1. The van der Waals surface area contributed by atoms with Crippen LogP contribution in [-0.4, -0.2) is 44.2 Å². The van der Waals surface area contributed by atoms with E-state index < -0.39 is 19.1 Å². The molecule has 1 aliphatic heterocycles. The van der Waals surface area contributed by atoms with Crippen LogP contribution < -0.4 is 15.4 Å². The Labute approximate surface area is 128 Å². The van der Waals surface area contributed by atoms with Crippen LogP contribution in [0.15, 0.2) is 18.2 Å². The fraction of sp³-hybridized carbons (Fsp3) is 0.533. The first-order valence-corrected chi connectivity index (χ1v) is 7.15. The summed E-state index contributed by atoms with van der Waals surface area (Å²) in [5, 5.41) is 5.84. The molecule has 2 atom stereocenters. The maximum absolute atomic E-state index is 12.2. The minimum Gasteiger partial charge on any atom is -0.487 e. The molecule has 122 valence electrons. The van der Waals surface area contributed by atoms with Gasteiger partial charge in [-0.15, -0.1) is 0 Å². The number of morpholine rings is 1. The molecule has 1 saturated heterocycles. The summed E-state index contributed by atoms with van der Waals surface area (Å²) in [6.45, 7) is 4.08. The third-order valence-electron chi connectivity index (χ3n) is 3.42. The Morgan fingerprint density at radius 2 is 2.32 bits per heavy atom. The van der Waals surface area contributed by atoms with Crippen LogP contribution in [0.25, 0.3) is 0 Å². The van der Waals surface area contributed by atoms with E-state index in [2.05, 4.69) is 10.6 Å². The summed E-state index contributed by atoms with van der Waals surface area (Å²) < 4.78 is 34.9. The van der Waals surface area contributed by atoms with Gasteiger partial charge in [-0.3, -0.25) is 4.79 Å². The zero-order valence-electron chi connectivity index (χ0n) is 12.6. The van der Waals surface area contributed by atoms with Gasteiger partial charge in [-0.2, -0.15) is 0 Å². The van der Waals surface area contributed by atoms with Gasteiger partial charge in [-0.1, -0.05) is 6.07 Å². The minimum absolute atomic E-state index is 0.226. The Hall–Kier alpha value is -1.73. The predicted octanol–water partition coefficient (Wildman–Crippen LogP) is 1.95. The molecule has 1 aromatic carbocycles. The number of carbonyl (C=O) groups excluding carboxylic acids is 1. The average molecular weight is 314 g/mol. The molecule has 2 rings (SSSR count). The highest BCUT2D eigenvalue weighted by Gasteiger charge is 2.28. The van der Waals surface area contributed by atoms with Gasteiger partial charge in [0.25, 0.3) is 6.43 Å². The summed E-state index contributed by atoms with van der Waals surface area (Å²) in [7, 11) is 0. The molecule has 1 aliphatic rings. The molecule has 1 amide bonds. The molecular weight excluding hydrogens is 294 g/mol.